The largest absolute Gasteiger partial charge is 0.497 e. The van der Waals surface area contributed by atoms with E-state index in [1.165, 1.54) is 30.4 Å². The van der Waals surface area contributed by atoms with E-state index in [2.05, 4.69) is 32.0 Å². The fourth-order valence-corrected chi connectivity index (χ4v) is 4.40. The Morgan fingerprint density at radius 1 is 1.15 bits per heavy atom. The summed E-state index contributed by atoms with van der Waals surface area (Å²) in [7, 11) is 1.73. The molecule has 0 spiro atoms. The Balaban J connectivity index is 1.79. The lowest BCUT2D eigenvalue weighted by atomic mass is 9.67. The summed E-state index contributed by atoms with van der Waals surface area (Å²) in [5, 5.41) is 10.2. The zero-order valence-corrected chi connectivity index (χ0v) is 12.9. The maximum absolute atomic E-state index is 10.2. The van der Waals surface area contributed by atoms with Crippen molar-refractivity contribution in [3.63, 3.8) is 0 Å². The third-order valence-electron chi connectivity index (χ3n) is 5.81. The molecule has 0 bridgehead atoms. The lowest BCUT2D eigenvalue weighted by Gasteiger charge is -2.38. The highest BCUT2D eigenvalue weighted by atomic mass is 16.5. The Labute approximate surface area is 122 Å². The molecule has 0 heterocycles. The molecule has 110 valence electrons. The number of aliphatic hydroxyl groups excluding tert-OH is 1. The van der Waals surface area contributed by atoms with Crippen molar-refractivity contribution >= 4 is 0 Å². The average Bonchev–Trinajstić information content (AvgIpc) is 2.72. The average molecular weight is 274 g/mol. The number of aliphatic hydroxyl groups is 1. The molecule has 0 radical (unpaired) electrons. The quantitative estimate of drug-likeness (QED) is 0.893. The molecule has 2 aliphatic carbocycles. The van der Waals surface area contributed by atoms with Crippen LogP contribution in [0.3, 0.4) is 0 Å². The standard InChI is InChI=1S/C18H26O2/c1-18(2)16(8-9-17(18)19)14-5-4-13-11-15(20-3)7-6-12(13)10-14/h6-7,11,14,16-17,19H,4-5,8-10H2,1-3H3. The van der Waals surface area contributed by atoms with Gasteiger partial charge in [-0.3, -0.25) is 0 Å². The van der Waals surface area contributed by atoms with E-state index < -0.39 is 0 Å². The number of aryl methyl sites for hydroxylation is 1. The number of ether oxygens (including phenoxy) is 1. The molecule has 3 rings (SSSR count). The first-order valence-corrected chi connectivity index (χ1v) is 7.86. The fraction of sp³-hybridized carbons (Fsp3) is 0.667. The first-order valence-electron chi connectivity index (χ1n) is 7.86. The molecular formula is C18H26O2. The van der Waals surface area contributed by atoms with Gasteiger partial charge in [0.1, 0.15) is 5.75 Å². The van der Waals surface area contributed by atoms with Crippen LogP contribution in [0.15, 0.2) is 18.2 Å². The first-order chi connectivity index (χ1) is 9.52. The summed E-state index contributed by atoms with van der Waals surface area (Å²) in [5.74, 6) is 2.36. The smallest absolute Gasteiger partial charge is 0.119 e. The van der Waals surface area contributed by atoms with Crippen LogP contribution in [0.4, 0.5) is 0 Å². The van der Waals surface area contributed by atoms with E-state index in [9.17, 15) is 5.11 Å². The lowest BCUT2D eigenvalue weighted by Crippen LogP contribution is -2.35. The second-order valence-electron chi connectivity index (χ2n) is 7.16. The van der Waals surface area contributed by atoms with Gasteiger partial charge in [0.25, 0.3) is 0 Å². The van der Waals surface area contributed by atoms with Gasteiger partial charge in [0, 0.05) is 0 Å². The molecule has 2 aliphatic rings. The second kappa shape index (κ2) is 5.07. The SMILES string of the molecule is COc1ccc2c(c1)CCC(C1CCC(O)C1(C)C)C2. The Morgan fingerprint density at radius 3 is 2.60 bits per heavy atom. The van der Waals surface area contributed by atoms with Crippen molar-refractivity contribution in [3.8, 4) is 5.75 Å². The van der Waals surface area contributed by atoms with E-state index in [1.807, 2.05) is 0 Å². The van der Waals surface area contributed by atoms with Crippen LogP contribution >= 0.6 is 0 Å². The summed E-state index contributed by atoms with van der Waals surface area (Å²) >= 11 is 0. The van der Waals surface area contributed by atoms with Crippen LogP contribution in [0, 0.1) is 17.3 Å². The molecule has 1 aromatic carbocycles. The van der Waals surface area contributed by atoms with Crippen LogP contribution in [0.5, 0.6) is 5.75 Å². The monoisotopic (exact) mass is 274 g/mol. The van der Waals surface area contributed by atoms with Crippen LogP contribution < -0.4 is 4.74 Å². The summed E-state index contributed by atoms with van der Waals surface area (Å²) in [6.07, 6.45) is 5.61. The zero-order chi connectivity index (χ0) is 14.3. The molecule has 0 aromatic heterocycles. The molecule has 1 aromatic rings. The van der Waals surface area contributed by atoms with Crippen molar-refractivity contribution in [2.75, 3.05) is 7.11 Å². The van der Waals surface area contributed by atoms with Crippen molar-refractivity contribution in [2.45, 2.75) is 52.1 Å². The number of hydrogen-bond donors (Lipinski definition) is 1. The predicted molar refractivity (Wildman–Crippen MR) is 81.0 cm³/mol. The minimum Gasteiger partial charge on any atom is -0.497 e. The fourth-order valence-electron chi connectivity index (χ4n) is 4.40. The molecule has 1 N–H and O–H groups in total. The number of hydrogen-bond acceptors (Lipinski definition) is 2. The number of methoxy groups -OCH3 is 1. The van der Waals surface area contributed by atoms with Gasteiger partial charge in [0.2, 0.25) is 0 Å². The van der Waals surface area contributed by atoms with Gasteiger partial charge in [-0.1, -0.05) is 19.9 Å². The summed E-state index contributed by atoms with van der Waals surface area (Å²) in [4.78, 5) is 0. The third-order valence-corrected chi connectivity index (χ3v) is 5.81. The van der Waals surface area contributed by atoms with Crippen LogP contribution in [0.2, 0.25) is 0 Å². The van der Waals surface area contributed by atoms with Gasteiger partial charge in [-0.25, -0.2) is 0 Å². The highest BCUT2D eigenvalue weighted by Crippen LogP contribution is 2.49. The predicted octanol–water partition coefficient (Wildman–Crippen LogP) is 3.60. The Kier molecular flexibility index (Phi) is 3.53. The Hall–Kier alpha value is -1.02. The number of fused-ring (bicyclic) bond motifs is 1. The minimum absolute atomic E-state index is 0.0780. The van der Waals surface area contributed by atoms with Gasteiger partial charge in [0.15, 0.2) is 0 Å². The van der Waals surface area contributed by atoms with Crippen LogP contribution in [0.25, 0.3) is 0 Å². The molecule has 0 amide bonds. The molecule has 0 saturated heterocycles. The van der Waals surface area contributed by atoms with E-state index in [0.717, 1.165) is 24.5 Å². The summed E-state index contributed by atoms with van der Waals surface area (Å²) < 4.78 is 5.32. The van der Waals surface area contributed by atoms with E-state index >= 15 is 0 Å². The van der Waals surface area contributed by atoms with Gasteiger partial charge in [0.05, 0.1) is 13.2 Å². The van der Waals surface area contributed by atoms with Crippen molar-refractivity contribution < 1.29 is 9.84 Å². The van der Waals surface area contributed by atoms with Crippen LogP contribution in [0.1, 0.15) is 44.2 Å². The molecule has 2 nitrogen and oxygen atoms in total. The molecule has 3 atom stereocenters. The van der Waals surface area contributed by atoms with Gasteiger partial charge in [-0.2, -0.15) is 0 Å². The summed E-state index contributed by atoms with van der Waals surface area (Å²) in [6, 6.07) is 6.51. The molecule has 1 saturated carbocycles. The second-order valence-corrected chi connectivity index (χ2v) is 7.16. The highest BCUT2D eigenvalue weighted by molar-refractivity contribution is 5.37. The Bertz CT molecular complexity index is 492. The van der Waals surface area contributed by atoms with Gasteiger partial charge >= 0.3 is 0 Å². The van der Waals surface area contributed by atoms with Crippen LogP contribution in [-0.2, 0) is 12.8 Å². The summed E-state index contributed by atoms with van der Waals surface area (Å²) in [5.41, 5.74) is 3.02. The van der Waals surface area contributed by atoms with Crippen molar-refractivity contribution in [1.29, 1.82) is 0 Å². The van der Waals surface area contributed by atoms with Gasteiger partial charge in [-0.15, -0.1) is 0 Å². The molecule has 3 unspecified atom stereocenters. The molecule has 20 heavy (non-hydrogen) atoms. The Morgan fingerprint density at radius 2 is 1.95 bits per heavy atom. The maximum Gasteiger partial charge on any atom is 0.119 e. The molecule has 0 aliphatic heterocycles. The van der Waals surface area contributed by atoms with Crippen molar-refractivity contribution in [1.82, 2.24) is 0 Å². The van der Waals surface area contributed by atoms with E-state index in [0.29, 0.717) is 5.92 Å². The molecular weight excluding hydrogens is 248 g/mol. The molecule has 1 fully saturated rings. The highest BCUT2D eigenvalue weighted by Gasteiger charge is 2.45. The topological polar surface area (TPSA) is 29.5 Å². The van der Waals surface area contributed by atoms with Gasteiger partial charge < -0.3 is 9.84 Å². The van der Waals surface area contributed by atoms with E-state index in [1.54, 1.807) is 7.11 Å². The van der Waals surface area contributed by atoms with E-state index in [4.69, 9.17) is 4.74 Å². The molecule has 2 heteroatoms. The first kappa shape index (κ1) is 13.9. The third kappa shape index (κ3) is 2.24. The zero-order valence-electron chi connectivity index (χ0n) is 12.9. The van der Waals surface area contributed by atoms with E-state index in [-0.39, 0.29) is 11.5 Å². The van der Waals surface area contributed by atoms with Crippen molar-refractivity contribution in [2.24, 2.45) is 17.3 Å². The van der Waals surface area contributed by atoms with Crippen molar-refractivity contribution in [3.05, 3.63) is 29.3 Å². The normalized spacial score (nSPS) is 31.9. The summed E-state index contributed by atoms with van der Waals surface area (Å²) in [6.45, 7) is 4.50. The minimum atomic E-state index is -0.121. The number of benzene rings is 1. The number of rotatable bonds is 2. The maximum atomic E-state index is 10.2. The van der Waals surface area contributed by atoms with Gasteiger partial charge in [-0.05, 0) is 72.6 Å². The lowest BCUT2D eigenvalue weighted by molar-refractivity contribution is 0.0333. The van der Waals surface area contributed by atoms with Crippen LogP contribution in [-0.4, -0.2) is 18.3 Å².